The third kappa shape index (κ3) is 2.36. The molecule has 0 amide bonds. The maximum absolute atomic E-state index is 5.31. The summed E-state index contributed by atoms with van der Waals surface area (Å²) in [5.74, 6) is 0.930. The van der Waals surface area contributed by atoms with E-state index in [9.17, 15) is 0 Å². The van der Waals surface area contributed by atoms with Crippen LogP contribution in [0.5, 0.6) is 5.75 Å². The molecule has 0 saturated carbocycles. The van der Waals surface area contributed by atoms with Crippen molar-refractivity contribution in [3.63, 3.8) is 0 Å². The predicted octanol–water partition coefficient (Wildman–Crippen LogP) is 4.81. The van der Waals surface area contributed by atoms with Crippen LogP contribution in [0.25, 0.3) is 10.1 Å². The van der Waals surface area contributed by atoms with Gasteiger partial charge in [-0.2, -0.15) is 0 Å². The standard InChI is InChI=1S/C17H16OS/c1-12-15-11-14(18-2)8-9-16(15)19-17(12)10-13-6-4-3-5-7-13/h3-9,11H,10H2,1-2H3. The van der Waals surface area contributed by atoms with Crippen LogP contribution in [0, 0.1) is 6.92 Å². The average molecular weight is 268 g/mol. The Bertz CT molecular complexity index is 698. The highest BCUT2D eigenvalue weighted by atomic mass is 32.1. The Morgan fingerprint density at radius 2 is 1.84 bits per heavy atom. The van der Waals surface area contributed by atoms with E-state index >= 15 is 0 Å². The first kappa shape index (κ1) is 12.2. The lowest BCUT2D eigenvalue weighted by Gasteiger charge is -2.01. The lowest BCUT2D eigenvalue weighted by Crippen LogP contribution is -1.86. The molecule has 0 spiro atoms. The Hall–Kier alpha value is -1.80. The van der Waals surface area contributed by atoms with Gasteiger partial charge in [0.25, 0.3) is 0 Å². The van der Waals surface area contributed by atoms with Crippen molar-refractivity contribution in [2.45, 2.75) is 13.3 Å². The molecular formula is C17H16OS. The van der Waals surface area contributed by atoms with Crippen molar-refractivity contribution < 1.29 is 4.74 Å². The van der Waals surface area contributed by atoms with E-state index in [1.165, 1.54) is 26.1 Å². The quantitative estimate of drug-likeness (QED) is 0.662. The van der Waals surface area contributed by atoms with Crippen LogP contribution in [-0.2, 0) is 6.42 Å². The zero-order chi connectivity index (χ0) is 13.2. The first-order chi connectivity index (χ1) is 9.28. The number of methoxy groups -OCH3 is 1. The van der Waals surface area contributed by atoms with Crippen molar-refractivity contribution in [3.8, 4) is 5.75 Å². The van der Waals surface area contributed by atoms with Gasteiger partial charge < -0.3 is 4.74 Å². The summed E-state index contributed by atoms with van der Waals surface area (Å²) in [5.41, 5.74) is 2.74. The largest absolute Gasteiger partial charge is 0.497 e. The number of hydrogen-bond donors (Lipinski definition) is 0. The van der Waals surface area contributed by atoms with Gasteiger partial charge in [-0.15, -0.1) is 11.3 Å². The van der Waals surface area contributed by atoms with E-state index in [4.69, 9.17) is 4.74 Å². The van der Waals surface area contributed by atoms with Gasteiger partial charge in [-0.25, -0.2) is 0 Å². The minimum absolute atomic E-state index is 0.930. The molecule has 0 radical (unpaired) electrons. The van der Waals surface area contributed by atoms with Gasteiger partial charge in [0, 0.05) is 16.0 Å². The Kier molecular flexibility index (Phi) is 3.26. The second-order valence-electron chi connectivity index (χ2n) is 4.67. The molecule has 2 aromatic carbocycles. The summed E-state index contributed by atoms with van der Waals surface area (Å²) >= 11 is 1.88. The summed E-state index contributed by atoms with van der Waals surface area (Å²) in [4.78, 5) is 1.44. The molecule has 0 bridgehead atoms. The van der Waals surface area contributed by atoms with E-state index in [2.05, 4.69) is 49.4 Å². The summed E-state index contributed by atoms with van der Waals surface area (Å²) in [7, 11) is 1.72. The molecule has 1 nitrogen and oxygen atoms in total. The van der Waals surface area contributed by atoms with Crippen LogP contribution < -0.4 is 4.74 Å². The van der Waals surface area contributed by atoms with Crippen molar-refractivity contribution in [2.24, 2.45) is 0 Å². The molecule has 3 rings (SSSR count). The number of hydrogen-bond acceptors (Lipinski definition) is 2. The molecule has 0 fully saturated rings. The number of thiophene rings is 1. The number of ether oxygens (including phenoxy) is 1. The van der Waals surface area contributed by atoms with Crippen LogP contribution in [0.3, 0.4) is 0 Å². The molecule has 2 heteroatoms. The maximum atomic E-state index is 5.31. The van der Waals surface area contributed by atoms with Gasteiger partial charge in [-0.1, -0.05) is 30.3 Å². The number of benzene rings is 2. The van der Waals surface area contributed by atoms with Crippen molar-refractivity contribution in [2.75, 3.05) is 7.11 Å². The van der Waals surface area contributed by atoms with Crippen LogP contribution in [0.2, 0.25) is 0 Å². The Balaban J connectivity index is 2.03. The van der Waals surface area contributed by atoms with Gasteiger partial charge in [0.15, 0.2) is 0 Å². The molecule has 0 saturated heterocycles. The van der Waals surface area contributed by atoms with Crippen LogP contribution >= 0.6 is 11.3 Å². The first-order valence-electron chi connectivity index (χ1n) is 6.38. The molecule has 0 aliphatic rings. The van der Waals surface area contributed by atoms with E-state index in [1.54, 1.807) is 7.11 Å². The fraction of sp³-hybridized carbons (Fsp3) is 0.176. The average Bonchev–Trinajstić information content (AvgIpc) is 2.76. The van der Waals surface area contributed by atoms with Gasteiger partial charge in [-0.05, 0) is 41.6 Å². The third-order valence-electron chi connectivity index (χ3n) is 3.45. The molecule has 0 aliphatic carbocycles. The molecule has 0 N–H and O–H groups in total. The van der Waals surface area contributed by atoms with Crippen molar-refractivity contribution >= 4 is 21.4 Å². The lowest BCUT2D eigenvalue weighted by atomic mass is 10.1. The number of fused-ring (bicyclic) bond motifs is 1. The summed E-state index contributed by atoms with van der Waals surface area (Å²) in [6.45, 7) is 2.20. The first-order valence-corrected chi connectivity index (χ1v) is 7.19. The smallest absolute Gasteiger partial charge is 0.119 e. The molecule has 0 unspecified atom stereocenters. The fourth-order valence-corrected chi connectivity index (χ4v) is 3.55. The summed E-state index contributed by atoms with van der Waals surface area (Å²) < 4.78 is 6.65. The summed E-state index contributed by atoms with van der Waals surface area (Å²) in [6, 6.07) is 16.9. The molecule has 19 heavy (non-hydrogen) atoms. The highest BCUT2D eigenvalue weighted by Crippen LogP contribution is 2.34. The predicted molar refractivity (Wildman–Crippen MR) is 82.4 cm³/mol. The van der Waals surface area contributed by atoms with E-state index in [1.807, 2.05) is 17.4 Å². The topological polar surface area (TPSA) is 9.23 Å². The second-order valence-corrected chi connectivity index (χ2v) is 5.81. The molecule has 0 aliphatic heterocycles. The SMILES string of the molecule is COc1ccc2sc(Cc3ccccc3)c(C)c2c1. The van der Waals surface area contributed by atoms with E-state index in [0.717, 1.165) is 12.2 Å². The monoisotopic (exact) mass is 268 g/mol. The summed E-state index contributed by atoms with van der Waals surface area (Å²) in [5, 5.41) is 1.32. The molecule has 0 atom stereocenters. The molecule has 1 aromatic heterocycles. The van der Waals surface area contributed by atoms with Gasteiger partial charge >= 0.3 is 0 Å². The Morgan fingerprint density at radius 3 is 2.58 bits per heavy atom. The fourth-order valence-electron chi connectivity index (χ4n) is 2.33. The zero-order valence-corrected chi connectivity index (χ0v) is 12.0. The van der Waals surface area contributed by atoms with E-state index in [0.29, 0.717) is 0 Å². The van der Waals surface area contributed by atoms with Gasteiger partial charge in [0.2, 0.25) is 0 Å². The molecule has 96 valence electrons. The van der Waals surface area contributed by atoms with Crippen LogP contribution in [0.1, 0.15) is 16.0 Å². The molecule has 1 heterocycles. The maximum Gasteiger partial charge on any atom is 0.119 e. The summed E-state index contributed by atoms with van der Waals surface area (Å²) in [6.07, 6.45) is 1.01. The van der Waals surface area contributed by atoms with Crippen molar-refractivity contribution in [3.05, 3.63) is 64.5 Å². The van der Waals surface area contributed by atoms with Crippen LogP contribution in [-0.4, -0.2) is 7.11 Å². The second kappa shape index (κ2) is 5.06. The molecule has 3 aromatic rings. The Morgan fingerprint density at radius 1 is 1.05 bits per heavy atom. The number of aryl methyl sites for hydroxylation is 1. The third-order valence-corrected chi connectivity index (χ3v) is 4.72. The highest BCUT2D eigenvalue weighted by molar-refractivity contribution is 7.19. The van der Waals surface area contributed by atoms with Crippen molar-refractivity contribution in [1.82, 2.24) is 0 Å². The number of rotatable bonds is 3. The van der Waals surface area contributed by atoms with Crippen molar-refractivity contribution in [1.29, 1.82) is 0 Å². The Labute approximate surface area is 117 Å². The minimum atomic E-state index is 0.930. The minimum Gasteiger partial charge on any atom is -0.497 e. The molecular weight excluding hydrogens is 252 g/mol. The van der Waals surface area contributed by atoms with Crippen LogP contribution in [0.4, 0.5) is 0 Å². The lowest BCUT2D eigenvalue weighted by molar-refractivity contribution is 0.415. The van der Waals surface area contributed by atoms with Gasteiger partial charge in [-0.3, -0.25) is 0 Å². The van der Waals surface area contributed by atoms with Gasteiger partial charge in [0.05, 0.1) is 7.11 Å². The highest BCUT2D eigenvalue weighted by Gasteiger charge is 2.09. The van der Waals surface area contributed by atoms with E-state index < -0.39 is 0 Å². The zero-order valence-electron chi connectivity index (χ0n) is 11.1. The van der Waals surface area contributed by atoms with Gasteiger partial charge in [0.1, 0.15) is 5.75 Å². The van der Waals surface area contributed by atoms with E-state index in [-0.39, 0.29) is 0 Å². The van der Waals surface area contributed by atoms with Crippen LogP contribution in [0.15, 0.2) is 48.5 Å². The normalized spacial score (nSPS) is 10.8.